The van der Waals surface area contributed by atoms with Gasteiger partial charge in [0.15, 0.2) is 0 Å². The summed E-state index contributed by atoms with van der Waals surface area (Å²) in [5, 5.41) is 22.8. The first-order valence-corrected chi connectivity index (χ1v) is 6.31. The summed E-state index contributed by atoms with van der Waals surface area (Å²) < 4.78 is 0. The molecule has 0 aliphatic carbocycles. The lowest BCUT2D eigenvalue weighted by atomic mass is 10.1. The molecule has 0 saturated carbocycles. The Kier molecular flexibility index (Phi) is 4.09. The number of nitro benzene ring substituents is 1. The summed E-state index contributed by atoms with van der Waals surface area (Å²) in [6.07, 6.45) is 0. The van der Waals surface area contributed by atoms with Gasteiger partial charge in [-0.25, -0.2) is 4.79 Å². The van der Waals surface area contributed by atoms with Gasteiger partial charge in [-0.1, -0.05) is 17.7 Å². The third-order valence-corrected chi connectivity index (χ3v) is 3.22. The monoisotopic (exact) mass is 306 g/mol. The minimum absolute atomic E-state index is 0.00187. The Bertz CT molecular complexity index is 731. The number of nitrogens with zero attached hydrogens (tertiary/aromatic N) is 1. The second-order valence-corrected chi connectivity index (χ2v) is 4.79. The number of nitrogens with one attached hydrogen (secondary N) is 1. The van der Waals surface area contributed by atoms with Crippen LogP contribution in [0, 0.1) is 17.0 Å². The molecule has 0 unspecified atom stereocenters. The largest absolute Gasteiger partial charge is 0.478 e. The van der Waals surface area contributed by atoms with Crippen molar-refractivity contribution in [1.29, 1.82) is 0 Å². The van der Waals surface area contributed by atoms with Gasteiger partial charge in [-0.2, -0.15) is 0 Å². The second kappa shape index (κ2) is 5.80. The van der Waals surface area contributed by atoms with Gasteiger partial charge < -0.3 is 10.4 Å². The van der Waals surface area contributed by atoms with E-state index in [9.17, 15) is 14.9 Å². The second-order valence-electron chi connectivity index (χ2n) is 4.38. The molecule has 2 rings (SSSR count). The fraction of sp³-hybridized carbons (Fsp3) is 0.0714. The molecule has 2 N–H and O–H groups in total. The van der Waals surface area contributed by atoms with Crippen molar-refractivity contribution in [2.75, 3.05) is 5.32 Å². The number of non-ortho nitro benzene ring substituents is 1. The summed E-state index contributed by atoms with van der Waals surface area (Å²) in [5.74, 6) is -1.11. The maximum Gasteiger partial charge on any atom is 0.337 e. The van der Waals surface area contributed by atoms with E-state index in [4.69, 9.17) is 16.7 Å². The number of benzene rings is 2. The first-order chi connectivity index (χ1) is 9.88. The van der Waals surface area contributed by atoms with E-state index in [2.05, 4.69) is 5.32 Å². The zero-order chi connectivity index (χ0) is 15.6. The van der Waals surface area contributed by atoms with Gasteiger partial charge in [-0.3, -0.25) is 10.1 Å². The minimum atomic E-state index is -1.11. The molecule has 0 heterocycles. The van der Waals surface area contributed by atoms with E-state index in [1.165, 1.54) is 24.3 Å². The maximum atomic E-state index is 10.9. The van der Waals surface area contributed by atoms with Crippen LogP contribution in [0.4, 0.5) is 17.1 Å². The fourth-order valence-corrected chi connectivity index (χ4v) is 2.04. The molecule has 21 heavy (non-hydrogen) atoms. The van der Waals surface area contributed by atoms with Crippen LogP contribution in [0.25, 0.3) is 0 Å². The number of halogens is 1. The quantitative estimate of drug-likeness (QED) is 0.658. The summed E-state index contributed by atoms with van der Waals surface area (Å²) >= 11 is 5.88. The van der Waals surface area contributed by atoms with Crippen LogP contribution in [0.5, 0.6) is 0 Å². The number of rotatable bonds is 4. The highest BCUT2D eigenvalue weighted by atomic mass is 35.5. The molecule has 6 nitrogen and oxygen atoms in total. The molecule has 0 amide bonds. The van der Waals surface area contributed by atoms with Crippen molar-refractivity contribution in [3.63, 3.8) is 0 Å². The molecule has 2 aromatic rings. The molecule has 7 heteroatoms. The van der Waals surface area contributed by atoms with Crippen LogP contribution in [0.1, 0.15) is 15.9 Å². The van der Waals surface area contributed by atoms with Gasteiger partial charge in [0, 0.05) is 23.5 Å². The van der Waals surface area contributed by atoms with E-state index in [-0.39, 0.29) is 16.3 Å². The van der Waals surface area contributed by atoms with E-state index in [0.717, 1.165) is 5.56 Å². The van der Waals surface area contributed by atoms with Crippen LogP contribution in [0.2, 0.25) is 5.02 Å². The van der Waals surface area contributed by atoms with Crippen LogP contribution < -0.4 is 5.32 Å². The Labute approximate surface area is 125 Å². The maximum absolute atomic E-state index is 10.9. The number of carboxylic acid groups (broad SMARTS) is 1. The molecule has 2 aromatic carbocycles. The normalized spacial score (nSPS) is 10.2. The lowest BCUT2D eigenvalue weighted by Crippen LogP contribution is -1.99. The van der Waals surface area contributed by atoms with Crippen molar-refractivity contribution in [2.24, 2.45) is 0 Å². The summed E-state index contributed by atoms with van der Waals surface area (Å²) in [6.45, 7) is 1.80. The van der Waals surface area contributed by atoms with Crippen molar-refractivity contribution >= 4 is 34.6 Å². The van der Waals surface area contributed by atoms with Crippen molar-refractivity contribution in [3.8, 4) is 0 Å². The average molecular weight is 307 g/mol. The smallest absolute Gasteiger partial charge is 0.337 e. The van der Waals surface area contributed by atoms with Crippen molar-refractivity contribution < 1.29 is 14.8 Å². The van der Waals surface area contributed by atoms with E-state index in [1.54, 1.807) is 19.1 Å². The SMILES string of the molecule is Cc1ccc([N+](=O)[O-])cc1Nc1ccc(C(=O)O)c(Cl)c1. The molecule has 108 valence electrons. The highest BCUT2D eigenvalue weighted by Crippen LogP contribution is 2.28. The molecular formula is C14H11ClN2O4. The summed E-state index contributed by atoms with van der Waals surface area (Å²) in [5.41, 5.74) is 1.89. The first kappa shape index (κ1) is 14.8. The summed E-state index contributed by atoms with van der Waals surface area (Å²) in [7, 11) is 0. The Balaban J connectivity index is 2.34. The zero-order valence-corrected chi connectivity index (χ0v) is 11.7. The van der Waals surface area contributed by atoms with Gasteiger partial charge >= 0.3 is 5.97 Å². The summed E-state index contributed by atoms with van der Waals surface area (Å²) in [6, 6.07) is 8.85. The van der Waals surface area contributed by atoms with Crippen LogP contribution >= 0.6 is 11.6 Å². The van der Waals surface area contributed by atoms with Gasteiger partial charge in [-0.05, 0) is 30.7 Å². The van der Waals surface area contributed by atoms with Crippen LogP contribution in [-0.4, -0.2) is 16.0 Å². The van der Waals surface area contributed by atoms with Gasteiger partial charge in [-0.15, -0.1) is 0 Å². The van der Waals surface area contributed by atoms with E-state index in [0.29, 0.717) is 11.4 Å². The number of anilines is 2. The summed E-state index contributed by atoms with van der Waals surface area (Å²) in [4.78, 5) is 21.2. The molecule has 0 radical (unpaired) electrons. The van der Waals surface area contributed by atoms with Gasteiger partial charge in [0.1, 0.15) is 0 Å². The van der Waals surface area contributed by atoms with Crippen LogP contribution in [0.15, 0.2) is 36.4 Å². The van der Waals surface area contributed by atoms with Crippen molar-refractivity contribution in [3.05, 3.63) is 62.7 Å². The molecule has 0 aliphatic heterocycles. The number of aryl methyl sites for hydroxylation is 1. The number of aromatic carboxylic acids is 1. The molecular weight excluding hydrogens is 296 g/mol. The lowest BCUT2D eigenvalue weighted by molar-refractivity contribution is -0.384. The number of carbonyl (C=O) groups is 1. The molecule has 0 spiro atoms. The highest BCUT2D eigenvalue weighted by molar-refractivity contribution is 6.33. The Morgan fingerprint density at radius 1 is 1.29 bits per heavy atom. The third-order valence-electron chi connectivity index (χ3n) is 2.91. The lowest BCUT2D eigenvalue weighted by Gasteiger charge is -2.10. The number of nitro groups is 1. The van der Waals surface area contributed by atoms with E-state index in [1.807, 2.05) is 0 Å². The van der Waals surface area contributed by atoms with Gasteiger partial charge in [0.2, 0.25) is 0 Å². The predicted molar refractivity (Wildman–Crippen MR) is 79.5 cm³/mol. The third kappa shape index (κ3) is 3.29. The zero-order valence-electron chi connectivity index (χ0n) is 11.0. The molecule has 0 saturated heterocycles. The molecule has 0 bridgehead atoms. The molecule has 0 atom stereocenters. The standard InChI is InChI=1S/C14H11ClN2O4/c1-8-2-4-10(17(20)21)7-13(8)16-9-3-5-11(14(18)19)12(15)6-9/h2-7,16H,1H3,(H,18,19). The topological polar surface area (TPSA) is 92.5 Å². The van der Waals surface area contributed by atoms with Crippen molar-refractivity contribution in [2.45, 2.75) is 6.92 Å². The Hall–Kier alpha value is -2.60. The molecule has 0 aliphatic rings. The minimum Gasteiger partial charge on any atom is -0.478 e. The molecule has 0 fully saturated rings. The number of carboxylic acids is 1. The number of hydrogen-bond donors (Lipinski definition) is 2. The van der Waals surface area contributed by atoms with E-state index < -0.39 is 10.9 Å². The average Bonchev–Trinajstić information content (AvgIpc) is 2.40. The predicted octanol–water partition coefficient (Wildman–Crippen LogP) is 4.00. The van der Waals surface area contributed by atoms with Gasteiger partial charge in [0.05, 0.1) is 15.5 Å². The molecule has 0 aromatic heterocycles. The Morgan fingerprint density at radius 2 is 2.00 bits per heavy atom. The fourth-order valence-electron chi connectivity index (χ4n) is 1.78. The first-order valence-electron chi connectivity index (χ1n) is 5.93. The van der Waals surface area contributed by atoms with Gasteiger partial charge in [0.25, 0.3) is 5.69 Å². The number of hydrogen-bond acceptors (Lipinski definition) is 4. The highest BCUT2D eigenvalue weighted by Gasteiger charge is 2.11. The van der Waals surface area contributed by atoms with E-state index >= 15 is 0 Å². The Morgan fingerprint density at radius 3 is 2.57 bits per heavy atom. The van der Waals surface area contributed by atoms with Crippen LogP contribution in [0.3, 0.4) is 0 Å². The van der Waals surface area contributed by atoms with Crippen molar-refractivity contribution in [1.82, 2.24) is 0 Å². The van der Waals surface area contributed by atoms with Crippen LogP contribution in [-0.2, 0) is 0 Å².